The van der Waals surface area contributed by atoms with Crippen molar-refractivity contribution < 1.29 is 4.79 Å². The topological polar surface area (TPSA) is 46.9 Å². The Bertz CT molecular complexity index is 701. The Kier molecular flexibility index (Phi) is 8.83. The van der Waals surface area contributed by atoms with Gasteiger partial charge in [-0.05, 0) is 50.2 Å². The van der Waals surface area contributed by atoms with Gasteiger partial charge in [0.2, 0.25) is 5.91 Å². The third kappa shape index (κ3) is 6.37. The number of rotatable bonds is 12. The highest BCUT2D eigenvalue weighted by atomic mass is 16.1. The van der Waals surface area contributed by atoms with Crippen molar-refractivity contribution in [1.29, 1.82) is 0 Å². The van der Waals surface area contributed by atoms with Crippen molar-refractivity contribution in [3.63, 3.8) is 0 Å². The van der Waals surface area contributed by atoms with E-state index in [1.165, 1.54) is 17.8 Å². The fraction of sp³-hybridized carbons (Fsp3) is 0.652. The summed E-state index contributed by atoms with van der Waals surface area (Å²) in [6, 6.07) is 8.45. The van der Waals surface area contributed by atoms with Crippen LogP contribution in [-0.2, 0) is 17.8 Å². The van der Waals surface area contributed by atoms with Crippen molar-refractivity contribution in [2.24, 2.45) is 11.8 Å². The van der Waals surface area contributed by atoms with Crippen LogP contribution in [0.25, 0.3) is 11.0 Å². The lowest BCUT2D eigenvalue weighted by Crippen LogP contribution is -2.30. The minimum Gasteiger partial charge on any atom is -0.356 e. The number of aromatic nitrogens is 2. The van der Waals surface area contributed by atoms with Crippen molar-refractivity contribution in [2.75, 3.05) is 6.54 Å². The molecule has 0 bridgehead atoms. The Hall–Kier alpha value is -1.84. The normalized spacial score (nSPS) is 11.6. The van der Waals surface area contributed by atoms with E-state index < -0.39 is 0 Å². The highest BCUT2D eigenvalue weighted by Crippen LogP contribution is 2.19. The molecule has 1 N–H and O–H groups in total. The zero-order valence-electron chi connectivity index (χ0n) is 17.6. The number of hydrogen-bond acceptors (Lipinski definition) is 2. The number of amides is 1. The van der Waals surface area contributed by atoms with Crippen LogP contribution in [0.3, 0.4) is 0 Å². The van der Waals surface area contributed by atoms with Crippen LogP contribution in [-0.4, -0.2) is 22.0 Å². The second kappa shape index (κ2) is 11.1. The lowest BCUT2D eigenvalue weighted by molar-refractivity contribution is -0.125. The Morgan fingerprint density at radius 2 is 1.85 bits per heavy atom. The maximum Gasteiger partial charge on any atom is 0.223 e. The van der Waals surface area contributed by atoms with E-state index in [0.29, 0.717) is 5.92 Å². The SMILES string of the molecule is CCC(CC)C(=O)NCCCCCc1nc2ccccc2n1CCC(C)C. The maximum absolute atomic E-state index is 12.0. The first kappa shape index (κ1) is 21.5. The van der Waals surface area contributed by atoms with Crippen LogP contribution >= 0.6 is 0 Å². The van der Waals surface area contributed by atoms with Gasteiger partial charge in [0.05, 0.1) is 11.0 Å². The highest BCUT2D eigenvalue weighted by Gasteiger charge is 2.13. The fourth-order valence-electron chi connectivity index (χ4n) is 3.55. The summed E-state index contributed by atoms with van der Waals surface area (Å²) in [5, 5.41) is 3.09. The summed E-state index contributed by atoms with van der Waals surface area (Å²) in [4.78, 5) is 16.9. The van der Waals surface area contributed by atoms with E-state index in [0.717, 1.165) is 57.1 Å². The number of nitrogens with zero attached hydrogens (tertiary/aromatic N) is 2. The van der Waals surface area contributed by atoms with E-state index in [9.17, 15) is 4.79 Å². The molecule has 1 heterocycles. The molecule has 0 aliphatic rings. The molecule has 0 saturated heterocycles. The lowest BCUT2D eigenvalue weighted by atomic mass is 10.0. The second-order valence-corrected chi connectivity index (χ2v) is 7.97. The van der Waals surface area contributed by atoms with E-state index in [4.69, 9.17) is 4.98 Å². The van der Waals surface area contributed by atoms with E-state index in [2.05, 4.69) is 61.8 Å². The zero-order valence-corrected chi connectivity index (χ0v) is 17.6. The largest absolute Gasteiger partial charge is 0.356 e. The number of imidazole rings is 1. The first-order chi connectivity index (χ1) is 13.1. The summed E-state index contributed by atoms with van der Waals surface area (Å²) in [6.45, 7) is 10.5. The van der Waals surface area contributed by atoms with Gasteiger partial charge in [-0.1, -0.05) is 46.2 Å². The van der Waals surface area contributed by atoms with Gasteiger partial charge in [0.1, 0.15) is 5.82 Å². The number of fused-ring (bicyclic) bond motifs is 1. The molecule has 1 aromatic heterocycles. The summed E-state index contributed by atoms with van der Waals surface area (Å²) < 4.78 is 2.41. The first-order valence-electron chi connectivity index (χ1n) is 10.8. The molecule has 1 amide bonds. The van der Waals surface area contributed by atoms with Crippen molar-refractivity contribution in [3.05, 3.63) is 30.1 Å². The Morgan fingerprint density at radius 3 is 2.56 bits per heavy atom. The number of carbonyl (C=O) groups excluding carboxylic acids is 1. The molecule has 0 aliphatic heterocycles. The average Bonchev–Trinajstić information content (AvgIpc) is 3.01. The average molecular weight is 372 g/mol. The predicted molar refractivity (Wildman–Crippen MR) is 114 cm³/mol. The number of unbranched alkanes of at least 4 members (excludes halogenated alkanes) is 2. The summed E-state index contributed by atoms with van der Waals surface area (Å²) in [6.07, 6.45) is 7.31. The number of nitrogens with one attached hydrogen (secondary N) is 1. The molecular formula is C23H37N3O. The van der Waals surface area contributed by atoms with Gasteiger partial charge >= 0.3 is 0 Å². The zero-order chi connectivity index (χ0) is 19.6. The molecule has 4 heteroatoms. The van der Waals surface area contributed by atoms with E-state index in [1.54, 1.807) is 0 Å². The third-order valence-corrected chi connectivity index (χ3v) is 5.40. The van der Waals surface area contributed by atoms with Gasteiger partial charge in [-0.25, -0.2) is 4.98 Å². The van der Waals surface area contributed by atoms with Crippen LogP contribution in [0.5, 0.6) is 0 Å². The number of aryl methyl sites for hydroxylation is 2. The molecule has 0 atom stereocenters. The van der Waals surface area contributed by atoms with E-state index >= 15 is 0 Å². The second-order valence-electron chi connectivity index (χ2n) is 7.97. The maximum atomic E-state index is 12.0. The Labute approximate surface area is 164 Å². The van der Waals surface area contributed by atoms with Gasteiger partial charge in [-0.2, -0.15) is 0 Å². The molecule has 0 fully saturated rings. The molecule has 0 aliphatic carbocycles. The monoisotopic (exact) mass is 371 g/mol. The van der Waals surface area contributed by atoms with Gasteiger partial charge < -0.3 is 9.88 Å². The minimum absolute atomic E-state index is 0.172. The van der Waals surface area contributed by atoms with Crippen molar-refractivity contribution in [3.8, 4) is 0 Å². The molecule has 1 aromatic carbocycles. The van der Waals surface area contributed by atoms with Gasteiger partial charge in [-0.3, -0.25) is 4.79 Å². The predicted octanol–water partition coefficient (Wildman–Crippen LogP) is 5.35. The van der Waals surface area contributed by atoms with Crippen molar-refractivity contribution in [2.45, 2.75) is 79.2 Å². The fourth-order valence-corrected chi connectivity index (χ4v) is 3.55. The highest BCUT2D eigenvalue weighted by molar-refractivity contribution is 5.78. The molecule has 2 aromatic rings. The summed E-state index contributed by atoms with van der Waals surface area (Å²) in [5.41, 5.74) is 2.36. The molecule has 0 spiro atoms. The van der Waals surface area contributed by atoms with Gasteiger partial charge in [0, 0.05) is 25.4 Å². The Morgan fingerprint density at radius 1 is 1.11 bits per heavy atom. The number of hydrogen-bond donors (Lipinski definition) is 1. The van der Waals surface area contributed by atoms with Gasteiger partial charge in [0.15, 0.2) is 0 Å². The van der Waals surface area contributed by atoms with Crippen LogP contribution in [0, 0.1) is 11.8 Å². The quantitative estimate of drug-likeness (QED) is 0.511. The van der Waals surface area contributed by atoms with Crippen LogP contribution in [0.2, 0.25) is 0 Å². The molecule has 0 radical (unpaired) electrons. The number of para-hydroxylation sites is 2. The molecule has 0 unspecified atom stereocenters. The third-order valence-electron chi connectivity index (χ3n) is 5.40. The van der Waals surface area contributed by atoms with Crippen molar-refractivity contribution >= 4 is 16.9 Å². The molecule has 2 rings (SSSR count). The van der Waals surface area contributed by atoms with Crippen LogP contribution in [0.15, 0.2) is 24.3 Å². The minimum atomic E-state index is 0.172. The molecular weight excluding hydrogens is 334 g/mol. The molecule has 150 valence electrons. The number of benzene rings is 1. The molecule has 4 nitrogen and oxygen atoms in total. The van der Waals surface area contributed by atoms with Gasteiger partial charge in [-0.15, -0.1) is 0 Å². The Balaban J connectivity index is 1.82. The first-order valence-corrected chi connectivity index (χ1v) is 10.8. The standard InChI is InChI=1S/C23H37N3O/c1-5-19(6-2)23(27)24-16-11-7-8-14-22-25-20-12-9-10-13-21(20)26(22)17-15-18(3)4/h9-10,12-13,18-19H,5-8,11,14-17H2,1-4H3,(H,24,27). The summed E-state index contributed by atoms with van der Waals surface area (Å²) >= 11 is 0. The summed E-state index contributed by atoms with van der Waals surface area (Å²) in [5.74, 6) is 2.29. The van der Waals surface area contributed by atoms with Gasteiger partial charge in [0.25, 0.3) is 0 Å². The van der Waals surface area contributed by atoms with E-state index in [-0.39, 0.29) is 11.8 Å². The summed E-state index contributed by atoms with van der Waals surface area (Å²) in [7, 11) is 0. The smallest absolute Gasteiger partial charge is 0.223 e. The van der Waals surface area contributed by atoms with Crippen LogP contribution in [0.4, 0.5) is 0 Å². The van der Waals surface area contributed by atoms with Crippen LogP contribution in [0.1, 0.15) is 72.0 Å². The lowest BCUT2D eigenvalue weighted by Gasteiger charge is -2.13. The van der Waals surface area contributed by atoms with Crippen LogP contribution < -0.4 is 5.32 Å². The molecule has 27 heavy (non-hydrogen) atoms. The molecule has 0 saturated carbocycles. The van der Waals surface area contributed by atoms with Crippen molar-refractivity contribution in [1.82, 2.24) is 14.9 Å². The number of carbonyl (C=O) groups is 1. The van der Waals surface area contributed by atoms with E-state index in [1.807, 2.05) is 0 Å².